The van der Waals surface area contributed by atoms with Gasteiger partial charge >= 0.3 is 0 Å². The molecular formula is C17H20N2O5S. The summed E-state index contributed by atoms with van der Waals surface area (Å²) in [6.07, 6.45) is 0. The van der Waals surface area contributed by atoms with Crippen molar-refractivity contribution < 1.29 is 22.7 Å². The monoisotopic (exact) mass is 364 g/mol. The lowest BCUT2D eigenvalue weighted by Gasteiger charge is -2.15. The Morgan fingerprint density at radius 2 is 1.72 bits per heavy atom. The molecule has 0 aliphatic carbocycles. The number of benzene rings is 2. The zero-order chi connectivity index (χ0) is 18.6. The highest BCUT2D eigenvalue weighted by atomic mass is 32.2. The fourth-order valence-corrected chi connectivity index (χ4v) is 3.02. The molecule has 7 nitrogen and oxygen atoms in total. The molecule has 25 heavy (non-hydrogen) atoms. The predicted molar refractivity (Wildman–Crippen MR) is 93.2 cm³/mol. The Balaban J connectivity index is 2.22. The van der Waals surface area contributed by atoms with Crippen LogP contribution in [0.25, 0.3) is 0 Å². The third-order valence-electron chi connectivity index (χ3n) is 3.70. The summed E-state index contributed by atoms with van der Waals surface area (Å²) in [5, 5.41) is 7.98. The molecule has 0 aliphatic rings. The highest BCUT2D eigenvalue weighted by Crippen LogP contribution is 2.24. The molecule has 0 saturated heterocycles. The first-order chi connectivity index (χ1) is 11.8. The number of amides is 1. The van der Waals surface area contributed by atoms with E-state index >= 15 is 0 Å². The maximum Gasteiger partial charge on any atom is 0.251 e. The fraction of sp³-hybridized carbons (Fsp3) is 0.235. The molecule has 2 rings (SSSR count). The van der Waals surface area contributed by atoms with Crippen LogP contribution in [-0.2, 0) is 10.0 Å². The Hall–Kier alpha value is -2.58. The number of rotatable bonds is 6. The van der Waals surface area contributed by atoms with E-state index in [2.05, 4.69) is 5.32 Å². The number of methoxy groups -OCH3 is 2. The van der Waals surface area contributed by atoms with Crippen LogP contribution in [-0.4, -0.2) is 28.5 Å². The Bertz CT molecular complexity index is 863. The number of hydrogen-bond acceptors (Lipinski definition) is 5. The van der Waals surface area contributed by atoms with Gasteiger partial charge in [-0.05, 0) is 42.8 Å². The Labute approximate surface area is 146 Å². The highest BCUT2D eigenvalue weighted by Gasteiger charge is 2.19. The molecule has 1 amide bonds. The van der Waals surface area contributed by atoms with Gasteiger partial charge in [-0.1, -0.05) is 12.1 Å². The van der Waals surface area contributed by atoms with Crippen LogP contribution in [0.2, 0.25) is 0 Å². The number of sulfonamides is 1. The number of nitrogens with two attached hydrogens (primary N) is 1. The molecule has 1 atom stereocenters. The quantitative estimate of drug-likeness (QED) is 0.813. The molecule has 0 heterocycles. The minimum Gasteiger partial charge on any atom is -0.497 e. The van der Waals surface area contributed by atoms with Gasteiger partial charge in [0.15, 0.2) is 0 Å². The first kappa shape index (κ1) is 18.8. The molecule has 0 radical (unpaired) electrons. The number of hydrogen-bond donors (Lipinski definition) is 2. The minimum atomic E-state index is -4.01. The Morgan fingerprint density at radius 1 is 1.08 bits per heavy atom. The van der Waals surface area contributed by atoms with Crippen LogP contribution < -0.4 is 19.9 Å². The van der Waals surface area contributed by atoms with Crippen molar-refractivity contribution in [3.63, 3.8) is 0 Å². The highest BCUT2D eigenvalue weighted by molar-refractivity contribution is 7.89. The molecule has 0 unspecified atom stereocenters. The van der Waals surface area contributed by atoms with E-state index in [1.165, 1.54) is 25.3 Å². The fourth-order valence-electron chi connectivity index (χ4n) is 2.30. The van der Waals surface area contributed by atoms with Crippen LogP contribution in [0.4, 0.5) is 0 Å². The largest absolute Gasteiger partial charge is 0.497 e. The van der Waals surface area contributed by atoms with Crippen LogP contribution in [0.15, 0.2) is 47.4 Å². The first-order valence-electron chi connectivity index (χ1n) is 7.42. The molecule has 2 aromatic rings. The molecule has 8 heteroatoms. The normalized spacial score (nSPS) is 12.3. The van der Waals surface area contributed by atoms with E-state index in [1.54, 1.807) is 19.2 Å². The standard InChI is InChI=1S/C17H20N2O5S/c1-11(12-4-7-14(23-2)8-5-12)19-17(20)13-6-9-15(24-3)16(10-13)25(18,21)22/h4-11H,1-3H3,(H,19,20)(H2,18,21,22)/t11-/m0/s1. The summed E-state index contributed by atoms with van der Waals surface area (Å²) in [7, 11) is -1.10. The third-order valence-corrected chi connectivity index (χ3v) is 4.63. The van der Waals surface area contributed by atoms with Crippen molar-refractivity contribution in [1.29, 1.82) is 0 Å². The SMILES string of the molecule is COc1ccc([C@H](C)NC(=O)c2ccc(OC)c(S(N)(=O)=O)c2)cc1. The van der Waals surface area contributed by atoms with E-state index in [1.807, 2.05) is 19.1 Å². The van der Waals surface area contributed by atoms with Gasteiger partial charge < -0.3 is 14.8 Å². The molecule has 0 spiro atoms. The Morgan fingerprint density at radius 3 is 2.24 bits per heavy atom. The van der Waals surface area contributed by atoms with Crippen LogP contribution in [0, 0.1) is 0 Å². The molecule has 0 aliphatic heterocycles. The molecular weight excluding hydrogens is 344 g/mol. The number of carbonyl (C=O) groups is 1. The number of primary sulfonamides is 1. The predicted octanol–water partition coefficient (Wildman–Crippen LogP) is 1.84. The summed E-state index contributed by atoms with van der Waals surface area (Å²) >= 11 is 0. The zero-order valence-electron chi connectivity index (χ0n) is 14.1. The van der Waals surface area contributed by atoms with Crippen molar-refractivity contribution in [3.8, 4) is 11.5 Å². The van der Waals surface area contributed by atoms with E-state index in [0.29, 0.717) is 0 Å². The van der Waals surface area contributed by atoms with E-state index in [0.717, 1.165) is 11.3 Å². The number of nitrogens with one attached hydrogen (secondary N) is 1. The second-order valence-corrected chi connectivity index (χ2v) is 6.91. The number of carbonyl (C=O) groups excluding carboxylic acids is 1. The molecule has 0 fully saturated rings. The van der Waals surface area contributed by atoms with Crippen molar-refractivity contribution in [2.75, 3.05) is 14.2 Å². The summed E-state index contributed by atoms with van der Waals surface area (Å²) < 4.78 is 33.4. The van der Waals surface area contributed by atoms with Gasteiger partial charge in [0.05, 0.1) is 20.3 Å². The van der Waals surface area contributed by atoms with E-state index in [-0.39, 0.29) is 22.3 Å². The summed E-state index contributed by atoms with van der Waals surface area (Å²) in [6.45, 7) is 1.82. The van der Waals surface area contributed by atoms with Gasteiger partial charge in [0, 0.05) is 5.56 Å². The minimum absolute atomic E-state index is 0.0854. The lowest BCUT2D eigenvalue weighted by atomic mass is 10.1. The molecule has 134 valence electrons. The van der Waals surface area contributed by atoms with Crippen molar-refractivity contribution in [1.82, 2.24) is 5.32 Å². The van der Waals surface area contributed by atoms with Gasteiger partial charge in [-0.3, -0.25) is 4.79 Å². The molecule has 0 saturated carbocycles. The van der Waals surface area contributed by atoms with Crippen LogP contribution in [0.1, 0.15) is 28.9 Å². The van der Waals surface area contributed by atoms with Crippen molar-refractivity contribution >= 4 is 15.9 Å². The Kier molecular flexibility index (Phi) is 5.66. The number of ether oxygens (including phenoxy) is 2. The van der Waals surface area contributed by atoms with Gasteiger partial charge in [0.25, 0.3) is 5.91 Å². The molecule has 0 bridgehead atoms. The van der Waals surface area contributed by atoms with Crippen LogP contribution in [0.3, 0.4) is 0 Å². The lowest BCUT2D eigenvalue weighted by molar-refractivity contribution is 0.0939. The second kappa shape index (κ2) is 7.54. The lowest BCUT2D eigenvalue weighted by Crippen LogP contribution is -2.27. The van der Waals surface area contributed by atoms with Crippen molar-refractivity contribution in [2.24, 2.45) is 5.14 Å². The van der Waals surface area contributed by atoms with Crippen molar-refractivity contribution in [3.05, 3.63) is 53.6 Å². The van der Waals surface area contributed by atoms with Crippen LogP contribution in [0.5, 0.6) is 11.5 Å². The van der Waals surface area contributed by atoms with Crippen LogP contribution >= 0.6 is 0 Å². The van der Waals surface area contributed by atoms with Gasteiger partial charge in [-0.25, -0.2) is 13.6 Å². The summed E-state index contributed by atoms with van der Waals surface area (Å²) in [5.74, 6) is 0.383. The zero-order valence-corrected chi connectivity index (χ0v) is 15.0. The molecule has 2 aromatic carbocycles. The maximum atomic E-state index is 12.4. The summed E-state index contributed by atoms with van der Waals surface area (Å²) in [4.78, 5) is 12.2. The van der Waals surface area contributed by atoms with E-state index in [9.17, 15) is 13.2 Å². The summed E-state index contributed by atoms with van der Waals surface area (Å²) in [5.41, 5.74) is 1.06. The van der Waals surface area contributed by atoms with Gasteiger partial charge in [0.2, 0.25) is 10.0 Å². The molecule has 3 N–H and O–H groups in total. The molecule has 0 aromatic heterocycles. The van der Waals surface area contributed by atoms with Crippen molar-refractivity contribution in [2.45, 2.75) is 17.9 Å². The average Bonchev–Trinajstić information content (AvgIpc) is 2.60. The first-order valence-corrected chi connectivity index (χ1v) is 8.96. The maximum absolute atomic E-state index is 12.4. The topological polar surface area (TPSA) is 108 Å². The third kappa shape index (κ3) is 4.49. The average molecular weight is 364 g/mol. The van der Waals surface area contributed by atoms with Gasteiger partial charge in [0.1, 0.15) is 16.4 Å². The smallest absolute Gasteiger partial charge is 0.251 e. The van der Waals surface area contributed by atoms with E-state index in [4.69, 9.17) is 14.6 Å². The van der Waals surface area contributed by atoms with Gasteiger partial charge in [-0.2, -0.15) is 0 Å². The van der Waals surface area contributed by atoms with E-state index < -0.39 is 15.9 Å². The second-order valence-electron chi connectivity index (χ2n) is 5.38. The van der Waals surface area contributed by atoms with Gasteiger partial charge in [-0.15, -0.1) is 0 Å². The summed E-state index contributed by atoms with van der Waals surface area (Å²) in [6, 6.07) is 11.1.